The van der Waals surface area contributed by atoms with Gasteiger partial charge in [-0.05, 0) is 31.4 Å². The van der Waals surface area contributed by atoms with Crippen LogP contribution in [-0.4, -0.2) is 47.3 Å². The highest BCUT2D eigenvalue weighted by atomic mass is 16.5. The molecular weight excluding hydrogens is 358 g/mol. The van der Waals surface area contributed by atoms with Gasteiger partial charge in [0, 0.05) is 31.3 Å². The Balaban J connectivity index is 1.44. The Morgan fingerprint density at radius 3 is 3.07 bits per heavy atom. The molecule has 1 aliphatic heterocycles. The maximum Gasteiger partial charge on any atom is 0.276 e. The first kappa shape index (κ1) is 18.4. The van der Waals surface area contributed by atoms with Crippen molar-refractivity contribution in [3.8, 4) is 5.75 Å². The molecule has 1 aromatic carbocycles. The topological polar surface area (TPSA) is 77.7 Å². The Bertz CT molecular complexity index is 948. The third-order valence-electron chi connectivity index (χ3n) is 4.99. The van der Waals surface area contributed by atoms with E-state index in [-0.39, 0.29) is 18.6 Å². The molecule has 3 heterocycles. The third kappa shape index (κ3) is 3.84. The summed E-state index contributed by atoms with van der Waals surface area (Å²) in [7, 11) is 1.66. The molecular formula is C21H23N3O4. The Morgan fingerprint density at radius 2 is 2.18 bits per heavy atom. The largest absolute Gasteiger partial charge is 0.483 e. The third-order valence-corrected chi connectivity index (χ3v) is 4.99. The van der Waals surface area contributed by atoms with Crippen LogP contribution in [0, 0.1) is 0 Å². The van der Waals surface area contributed by atoms with Gasteiger partial charge in [0.2, 0.25) is 0 Å². The van der Waals surface area contributed by atoms with Crippen molar-refractivity contribution < 1.29 is 18.8 Å². The number of nitrogens with zero attached hydrogens (tertiary/aromatic N) is 3. The molecule has 0 unspecified atom stereocenters. The highest BCUT2D eigenvalue weighted by molar-refractivity contribution is 5.92. The zero-order valence-corrected chi connectivity index (χ0v) is 15.8. The van der Waals surface area contributed by atoms with Gasteiger partial charge in [-0.25, -0.2) is 0 Å². The number of ether oxygens (including phenoxy) is 2. The molecule has 0 bridgehead atoms. The van der Waals surface area contributed by atoms with Crippen molar-refractivity contribution in [2.24, 2.45) is 0 Å². The molecule has 7 heteroatoms. The van der Waals surface area contributed by atoms with Crippen molar-refractivity contribution in [2.75, 3.05) is 20.3 Å². The lowest BCUT2D eigenvalue weighted by atomic mass is 10.0. The van der Waals surface area contributed by atoms with Gasteiger partial charge in [0.25, 0.3) is 5.91 Å². The van der Waals surface area contributed by atoms with E-state index in [0.29, 0.717) is 30.4 Å². The predicted octanol–water partition coefficient (Wildman–Crippen LogP) is 3.44. The molecule has 28 heavy (non-hydrogen) atoms. The van der Waals surface area contributed by atoms with Crippen LogP contribution in [-0.2, 0) is 11.3 Å². The first-order valence-corrected chi connectivity index (χ1v) is 9.48. The van der Waals surface area contributed by atoms with E-state index in [4.69, 9.17) is 14.0 Å². The predicted molar refractivity (Wildman–Crippen MR) is 103 cm³/mol. The second-order valence-corrected chi connectivity index (χ2v) is 6.90. The summed E-state index contributed by atoms with van der Waals surface area (Å²) in [5.74, 6) is 1.04. The van der Waals surface area contributed by atoms with Crippen LogP contribution in [0.1, 0.15) is 35.5 Å². The fraction of sp³-hybridized carbons (Fsp3) is 0.381. The Morgan fingerprint density at radius 1 is 1.29 bits per heavy atom. The van der Waals surface area contributed by atoms with Crippen molar-refractivity contribution in [1.29, 1.82) is 0 Å². The van der Waals surface area contributed by atoms with Crippen LogP contribution in [0.3, 0.4) is 0 Å². The molecule has 2 aromatic heterocycles. The van der Waals surface area contributed by atoms with Crippen LogP contribution in [0.5, 0.6) is 5.75 Å². The summed E-state index contributed by atoms with van der Waals surface area (Å²) in [6, 6.07) is 11.4. The fourth-order valence-corrected chi connectivity index (χ4v) is 3.60. The maximum atomic E-state index is 12.8. The number of carbonyl (C=O) groups excluding carboxylic acids is 1. The highest BCUT2D eigenvalue weighted by Crippen LogP contribution is 2.24. The monoisotopic (exact) mass is 381 g/mol. The van der Waals surface area contributed by atoms with Crippen molar-refractivity contribution in [1.82, 2.24) is 15.0 Å². The number of rotatable bonds is 6. The molecule has 4 rings (SSSR count). The van der Waals surface area contributed by atoms with Crippen LogP contribution in [0.4, 0.5) is 0 Å². The number of likely N-dealkylation sites (tertiary alicyclic amines) is 1. The lowest BCUT2D eigenvalue weighted by Crippen LogP contribution is -2.46. The Hall–Kier alpha value is -2.93. The van der Waals surface area contributed by atoms with Crippen LogP contribution in [0.2, 0.25) is 0 Å². The number of carbonyl (C=O) groups is 1. The van der Waals surface area contributed by atoms with Gasteiger partial charge in [-0.2, -0.15) is 0 Å². The van der Waals surface area contributed by atoms with Gasteiger partial charge >= 0.3 is 0 Å². The molecule has 0 N–H and O–H groups in total. The molecule has 1 fully saturated rings. The minimum absolute atomic E-state index is 0.0874. The average Bonchev–Trinajstić information content (AvgIpc) is 3.21. The van der Waals surface area contributed by atoms with E-state index in [1.54, 1.807) is 19.4 Å². The van der Waals surface area contributed by atoms with Crippen LogP contribution in [0.25, 0.3) is 10.9 Å². The van der Waals surface area contributed by atoms with Crippen LogP contribution in [0.15, 0.2) is 47.1 Å². The second kappa shape index (κ2) is 8.39. The van der Waals surface area contributed by atoms with E-state index in [2.05, 4.69) is 10.1 Å². The molecule has 7 nitrogen and oxygen atoms in total. The Kier molecular flexibility index (Phi) is 5.53. The van der Waals surface area contributed by atoms with E-state index in [9.17, 15) is 4.79 Å². The number of para-hydroxylation sites is 1. The van der Waals surface area contributed by atoms with E-state index >= 15 is 0 Å². The fourth-order valence-electron chi connectivity index (χ4n) is 3.60. The van der Waals surface area contributed by atoms with Gasteiger partial charge in [0.1, 0.15) is 17.9 Å². The molecule has 1 atom stereocenters. The normalized spacial score (nSPS) is 17.0. The maximum absolute atomic E-state index is 12.8. The minimum atomic E-state index is -0.122. The van der Waals surface area contributed by atoms with Crippen molar-refractivity contribution in [3.05, 3.63) is 54.0 Å². The number of benzene rings is 1. The molecule has 1 amide bonds. The minimum Gasteiger partial charge on any atom is -0.483 e. The summed E-state index contributed by atoms with van der Waals surface area (Å²) in [5, 5.41) is 4.96. The zero-order chi connectivity index (χ0) is 19.3. The summed E-state index contributed by atoms with van der Waals surface area (Å²) >= 11 is 0. The van der Waals surface area contributed by atoms with E-state index < -0.39 is 0 Å². The van der Waals surface area contributed by atoms with Gasteiger partial charge in [0.05, 0.1) is 12.6 Å². The van der Waals surface area contributed by atoms with Crippen molar-refractivity contribution >= 4 is 16.8 Å². The van der Waals surface area contributed by atoms with E-state index in [1.807, 2.05) is 35.2 Å². The first-order valence-electron chi connectivity index (χ1n) is 9.48. The lowest BCUT2D eigenvalue weighted by molar-refractivity contribution is 0.0419. The van der Waals surface area contributed by atoms with Gasteiger partial charge in [-0.1, -0.05) is 23.4 Å². The average molecular weight is 381 g/mol. The van der Waals surface area contributed by atoms with Gasteiger partial charge in [0.15, 0.2) is 11.5 Å². The zero-order valence-electron chi connectivity index (χ0n) is 15.8. The molecule has 0 aliphatic carbocycles. The van der Waals surface area contributed by atoms with E-state index in [0.717, 1.165) is 30.2 Å². The second-order valence-electron chi connectivity index (χ2n) is 6.90. The number of methoxy groups -OCH3 is 1. The van der Waals surface area contributed by atoms with Gasteiger partial charge in [-0.15, -0.1) is 0 Å². The molecule has 1 saturated heterocycles. The van der Waals surface area contributed by atoms with Gasteiger partial charge in [-0.3, -0.25) is 9.78 Å². The molecule has 1 aliphatic rings. The molecule has 3 aromatic rings. The smallest absolute Gasteiger partial charge is 0.276 e. The molecule has 0 saturated carbocycles. The number of aromatic nitrogens is 2. The number of amides is 1. The summed E-state index contributed by atoms with van der Waals surface area (Å²) < 4.78 is 16.5. The number of fused-ring (bicyclic) bond motifs is 1. The number of piperidine rings is 1. The number of hydrogen-bond donors (Lipinski definition) is 0. The summed E-state index contributed by atoms with van der Waals surface area (Å²) in [4.78, 5) is 19.1. The number of pyridine rings is 1. The van der Waals surface area contributed by atoms with Crippen molar-refractivity contribution in [2.45, 2.75) is 31.9 Å². The number of hydrogen-bond acceptors (Lipinski definition) is 6. The lowest BCUT2D eigenvalue weighted by Gasteiger charge is -2.34. The van der Waals surface area contributed by atoms with Crippen LogP contribution >= 0.6 is 0 Å². The molecule has 0 radical (unpaired) electrons. The van der Waals surface area contributed by atoms with Gasteiger partial charge < -0.3 is 18.9 Å². The van der Waals surface area contributed by atoms with E-state index in [1.165, 1.54) is 0 Å². The summed E-state index contributed by atoms with van der Waals surface area (Å²) in [6.45, 7) is 1.43. The molecule has 146 valence electrons. The summed E-state index contributed by atoms with van der Waals surface area (Å²) in [6.07, 6.45) is 4.78. The Labute approximate surface area is 163 Å². The van der Waals surface area contributed by atoms with Crippen molar-refractivity contribution in [3.63, 3.8) is 0 Å². The SMILES string of the molecule is COC[C@H]1CCCCN1C(=O)c1cc(COc2cccc3cccnc23)on1. The standard InChI is InChI=1S/C21H23N3O4/c1-26-13-16-8-2-3-11-24(16)21(25)18-12-17(28-23-18)14-27-19-9-4-6-15-7-5-10-22-20(15)19/h4-7,9-10,12,16H,2-3,8,11,13-14H2,1H3/t16-/m1/s1. The van der Waals surface area contributed by atoms with Crippen LogP contribution < -0.4 is 4.74 Å². The quantitative estimate of drug-likeness (QED) is 0.651. The first-order chi connectivity index (χ1) is 13.8. The summed E-state index contributed by atoms with van der Waals surface area (Å²) in [5.41, 5.74) is 1.09. The highest BCUT2D eigenvalue weighted by Gasteiger charge is 2.29. The molecule has 0 spiro atoms.